The van der Waals surface area contributed by atoms with Crippen LogP contribution in [0.2, 0.25) is 0 Å². The molecular weight excluding hydrogens is 236 g/mol. The van der Waals surface area contributed by atoms with Gasteiger partial charge in [-0.1, -0.05) is 18.2 Å². The Kier molecular flexibility index (Phi) is 4.53. The number of benzene rings is 1. The monoisotopic (exact) mass is 254 g/mol. The van der Waals surface area contributed by atoms with Crippen LogP contribution in [0, 0.1) is 0 Å². The molecule has 5 heteroatoms. The lowest BCUT2D eigenvalue weighted by Crippen LogP contribution is -2.47. The smallest absolute Gasteiger partial charge is 0.237 e. The highest BCUT2D eigenvalue weighted by Crippen LogP contribution is 2.16. The van der Waals surface area contributed by atoms with Crippen LogP contribution in [-0.2, 0) is 15.4 Å². The Morgan fingerprint density at radius 3 is 2.41 bits per heavy atom. The number of rotatable bonds is 4. The lowest BCUT2D eigenvalue weighted by atomic mass is 10.2. The summed E-state index contributed by atoms with van der Waals surface area (Å²) in [6.07, 6.45) is 0. The van der Waals surface area contributed by atoms with E-state index in [-0.39, 0.29) is 0 Å². The van der Waals surface area contributed by atoms with Crippen molar-refractivity contribution in [2.24, 2.45) is 0 Å². The van der Waals surface area contributed by atoms with Crippen LogP contribution in [0.1, 0.15) is 6.92 Å². The minimum atomic E-state index is -1.27. The van der Waals surface area contributed by atoms with Gasteiger partial charge in [0.2, 0.25) is 11.3 Å². The molecule has 0 amide bonds. The molecule has 1 saturated heterocycles. The van der Waals surface area contributed by atoms with Gasteiger partial charge in [-0.25, -0.2) is 4.21 Å². The van der Waals surface area contributed by atoms with E-state index in [4.69, 9.17) is 4.18 Å². The minimum absolute atomic E-state index is 0.492. The van der Waals surface area contributed by atoms with Gasteiger partial charge >= 0.3 is 0 Å². The van der Waals surface area contributed by atoms with Crippen molar-refractivity contribution < 1.29 is 8.39 Å². The quantitative estimate of drug-likeness (QED) is 0.815. The van der Waals surface area contributed by atoms with E-state index in [2.05, 4.69) is 17.0 Å². The van der Waals surface area contributed by atoms with Gasteiger partial charge in [-0.2, -0.15) is 4.31 Å². The van der Waals surface area contributed by atoms with E-state index in [1.165, 1.54) is 5.69 Å². The van der Waals surface area contributed by atoms with E-state index in [1.54, 1.807) is 0 Å². The maximum atomic E-state index is 11.6. The molecule has 0 radical (unpaired) electrons. The average Bonchev–Trinajstić information content (AvgIpc) is 2.40. The molecule has 0 bridgehead atoms. The molecule has 94 valence electrons. The molecule has 1 aliphatic rings. The summed E-state index contributed by atoms with van der Waals surface area (Å²) in [5.41, 5.74) is 1.23. The predicted molar refractivity (Wildman–Crippen MR) is 70.0 cm³/mol. The fourth-order valence-corrected chi connectivity index (χ4v) is 2.72. The molecule has 2 rings (SSSR count). The third-order valence-corrected chi connectivity index (χ3v) is 4.01. The van der Waals surface area contributed by atoms with Crippen molar-refractivity contribution in [3.05, 3.63) is 30.3 Å². The second-order valence-corrected chi connectivity index (χ2v) is 5.06. The molecule has 0 aromatic heterocycles. The number of hydrogen-bond donors (Lipinski definition) is 0. The topological polar surface area (TPSA) is 32.8 Å². The van der Waals surface area contributed by atoms with E-state index >= 15 is 0 Å². The van der Waals surface area contributed by atoms with Crippen LogP contribution in [0.25, 0.3) is 0 Å². The van der Waals surface area contributed by atoms with E-state index in [0.29, 0.717) is 6.61 Å². The van der Waals surface area contributed by atoms with Crippen LogP contribution in [0.4, 0.5) is 5.69 Å². The lowest BCUT2D eigenvalue weighted by molar-refractivity contribution is 0.307. The van der Waals surface area contributed by atoms with Gasteiger partial charge in [-0.05, 0) is 19.1 Å². The van der Waals surface area contributed by atoms with Crippen molar-refractivity contribution in [2.75, 3.05) is 37.7 Å². The van der Waals surface area contributed by atoms with Gasteiger partial charge in [0.1, 0.15) is 0 Å². The normalized spacial score (nSPS) is 19.2. The Hall–Kier alpha value is -0.910. The molecule has 1 aromatic carbocycles. The highest BCUT2D eigenvalue weighted by Gasteiger charge is 2.21. The molecular formula is C12H18N2O2S. The standard InChI is InChI=1S/C12H18N2O2S/c1-2-16-17(15)14-10-8-13(9-11-14)12-6-4-3-5-7-12/h3-7H,2,8-11H2,1H3. The predicted octanol–water partition coefficient (Wildman–Crippen LogP) is 1.42. The van der Waals surface area contributed by atoms with Gasteiger partial charge in [-0.3, -0.25) is 4.18 Å². The summed E-state index contributed by atoms with van der Waals surface area (Å²) >= 11 is -1.27. The summed E-state index contributed by atoms with van der Waals surface area (Å²) in [4.78, 5) is 2.31. The fraction of sp³-hybridized carbons (Fsp3) is 0.500. The molecule has 4 nitrogen and oxygen atoms in total. The van der Waals surface area contributed by atoms with Gasteiger partial charge in [0.15, 0.2) is 0 Å². The second-order valence-electron chi connectivity index (χ2n) is 3.88. The third-order valence-electron chi connectivity index (χ3n) is 2.79. The fourth-order valence-electron chi connectivity index (χ4n) is 1.91. The summed E-state index contributed by atoms with van der Waals surface area (Å²) in [5.74, 6) is 0. The van der Waals surface area contributed by atoms with Crippen molar-refractivity contribution >= 4 is 17.0 Å². The molecule has 1 fully saturated rings. The Morgan fingerprint density at radius 2 is 1.82 bits per heavy atom. The zero-order valence-corrected chi connectivity index (χ0v) is 10.9. The summed E-state index contributed by atoms with van der Waals surface area (Å²) in [7, 11) is 0. The minimum Gasteiger partial charge on any atom is -0.369 e. The van der Waals surface area contributed by atoms with Crippen LogP contribution in [0.15, 0.2) is 30.3 Å². The maximum absolute atomic E-state index is 11.6. The van der Waals surface area contributed by atoms with Gasteiger partial charge in [0.25, 0.3) is 0 Å². The van der Waals surface area contributed by atoms with E-state index in [1.807, 2.05) is 29.4 Å². The first kappa shape index (κ1) is 12.5. The summed E-state index contributed by atoms with van der Waals surface area (Å²) in [6.45, 7) is 5.69. The first-order valence-corrected chi connectivity index (χ1v) is 6.94. The SMILES string of the molecule is CCOS(=O)N1CCN(c2ccccc2)CC1. The Labute approximate surface area is 105 Å². The molecule has 0 saturated carbocycles. The molecule has 0 N–H and O–H groups in total. The molecule has 1 aliphatic heterocycles. The molecule has 0 aliphatic carbocycles. The van der Waals surface area contributed by atoms with Crippen molar-refractivity contribution in [1.29, 1.82) is 0 Å². The molecule has 1 atom stereocenters. The zero-order chi connectivity index (χ0) is 12.1. The average molecular weight is 254 g/mol. The number of piperazine rings is 1. The lowest BCUT2D eigenvalue weighted by Gasteiger charge is -2.34. The molecule has 0 spiro atoms. The molecule has 1 unspecified atom stereocenters. The van der Waals surface area contributed by atoms with Crippen molar-refractivity contribution in [1.82, 2.24) is 4.31 Å². The van der Waals surface area contributed by atoms with E-state index < -0.39 is 11.3 Å². The molecule has 1 aromatic rings. The van der Waals surface area contributed by atoms with Gasteiger partial charge in [0, 0.05) is 31.9 Å². The van der Waals surface area contributed by atoms with E-state index in [9.17, 15) is 4.21 Å². The maximum Gasteiger partial charge on any atom is 0.237 e. The molecule has 1 heterocycles. The van der Waals surface area contributed by atoms with Crippen LogP contribution >= 0.6 is 0 Å². The van der Waals surface area contributed by atoms with Crippen LogP contribution in [0.5, 0.6) is 0 Å². The highest BCUT2D eigenvalue weighted by atomic mass is 32.2. The Morgan fingerprint density at radius 1 is 1.18 bits per heavy atom. The van der Waals surface area contributed by atoms with Crippen molar-refractivity contribution in [3.63, 3.8) is 0 Å². The summed E-state index contributed by atoms with van der Waals surface area (Å²) in [5, 5.41) is 0. The largest absolute Gasteiger partial charge is 0.369 e. The van der Waals surface area contributed by atoms with Crippen LogP contribution < -0.4 is 4.90 Å². The Bertz CT molecular complexity index is 364. The van der Waals surface area contributed by atoms with Crippen molar-refractivity contribution in [3.8, 4) is 0 Å². The second kappa shape index (κ2) is 6.14. The van der Waals surface area contributed by atoms with Gasteiger partial charge in [-0.15, -0.1) is 0 Å². The van der Waals surface area contributed by atoms with Gasteiger partial charge < -0.3 is 4.90 Å². The zero-order valence-electron chi connectivity index (χ0n) is 10.0. The number of anilines is 1. The third kappa shape index (κ3) is 3.28. The van der Waals surface area contributed by atoms with Crippen molar-refractivity contribution in [2.45, 2.75) is 6.92 Å². The summed E-state index contributed by atoms with van der Waals surface area (Å²) < 4.78 is 18.6. The number of nitrogens with zero attached hydrogens (tertiary/aromatic N) is 2. The van der Waals surface area contributed by atoms with Crippen LogP contribution in [0.3, 0.4) is 0 Å². The first-order valence-electron chi connectivity index (χ1n) is 5.91. The van der Waals surface area contributed by atoms with Gasteiger partial charge in [0.05, 0.1) is 6.61 Å². The number of hydrogen-bond acceptors (Lipinski definition) is 3. The first-order chi connectivity index (χ1) is 8.31. The molecule has 17 heavy (non-hydrogen) atoms. The summed E-state index contributed by atoms with van der Waals surface area (Å²) in [6, 6.07) is 10.3. The number of para-hydroxylation sites is 1. The Balaban J connectivity index is 1.88. The van der Waals surface area contributed by atoms with E-state index in [0.717, 1.165) is 26.2 Å². The highest BCUT2D eigenvalue weighted by molar-refractivity contribution is 7.77. The van der Waals surface area contributed by atoms with Crippen LogP contribution in [-0.4, -0.2) is 41.3 Å².